The second-order valence-corrected chi connectivity index (χ2v) is 3.81. The molecule has 0 amide bonds. The first-order valence-corrected chi connectivity index (χ1v) is 5.79. The van der Waals surface area contributed by atoms with Gasteiger partial charge in [-0.05, 0) is 19.1 Å². The lowest BCUT2D eigenvalue weighted by Crippen LogP contribution is -2.00. The standard InChI is InChI=1S/C16H14O2/c1-2-11-18-15-10-6-9-14(12-15)16(17)13-7-4-3-5-8-13/h2-12H,1H3. The van der Waals surface area contributed by atoms with Gasteiger partial charge in [-0.2, -0.15) is 0 Å². The maximum atomic E-state index is 12.2. The van der Waals surface area contributed by atoms with Gasteiger partial charge in [0.25, 0.3) is 0 Å². The molecule has 90 valence electrons. The number of carbonyl (C=O) groups excluding carboxylic acids is 1. The largest absolute Gasteiger partial charge is 0.465 e. The Morgan fingerprint density at radius 2 is 1.72 bits per heavy atom. The van der Waals surface area contributed by atoms with Crippen LogP contribution in [0.5, 0.6) is 5.75 Å². The van der Waals surface area contributed by atoms with Gasteiger partial charge >= 0.3 is 0 Å². The Labute approximate surface area is 107 Å². The van der Waals surface area contributed by atoms with Crippen LogP contribution in [0.1, 0.15) is 22.8 Å². The second kappa shape index (κ2) is 5.82. The number of allylic oxidation sites excluding steroid dienone is 1. The fourth-order valence-electron chi connectivity index (χ4n) is 1.61. The van der Waals surface area contributed by atoms with Gasteiger partial charge in [0, 0.05) is 11.1 Å². The van der Waals surface area contributed by atoms with Crippen molar-refractivity contribution in [3.8, 4) is 5.75 Å². The minimum absolute atomic E-state index is 0.00141. The normalized spacial score (nSPS) is 10.5. The number of rotatable bonds is 4. The number of ether oxygens (including phenoxy) is 1. The van der Waals surface area contributed by atoms with Crippen molar-refractivity contribution in [2.75, 3.05) is 0 Å². The minimum atomic E-state index is 0.00141. The molecule has 0 aliphatic rings. The van der Waals surface area contributed by atoms with Crippen LogP contribution in [0, 0.1) is 0 Å². The lowest BCUT2D eigenvalue weighted by atomic mass is 10.0. The van der Waals surface area contributed by atoms with Gasteiger partial charge < -0.3 is 4.74 Å². The molecule has 2 rings (SSSR count). The summed E-state index contributed by atoms with van der Waals surface area (Å²) >= 11 is 0. The van der Waals surface area contributed by atoms with E-state index in [1.54, 1.807) is 24.5 Å². The summed E-state index contributed by atoms with van der Waals surface area (Å²) < 4.78 is 5.35. The SMILES string of the molecule is CC=COc1cccc(C(=O)c2ccccc2)c1. The number of hydrogen-bond donors (Lipinski definition) is 0. The van der Waals surface area contributed by atoms with Crippen molar-refractivity contribution in [3.05, 3.63) is 78.1 Å². The van der Waals surface area contributed by atoms with Crippen molar-refractivity contribution in [1.29, 1.82) is 0 Å². The third-order valence-corrected chi connectivity index (χ3v) is 2.47. The predicted octanol–water partition coefficient (Wildman–Crippen LogP) is 3.83. The molecule has 0 aromatic heterocycles. The van der Waals surface area contributed by atoms with Gasteiger partial charge in [0.1, 0.15) is 5.75 Å². The van der Waals surface area contributed by atoms with E-state index in [1.165, 1.54) is 0 Å². The van der Waals surface area contributed by atoms with E-state index >= 15 is 0 Å². The van der Waals surface area contributed by atoms with E-state index in [-0.39, 0.29) is 5.78 Å². The fourth-order valence-corrected chi connectivity index (χ4v) is 1.61. The summed E-state index contributed by atoms with van der Waals surface area (Å²) in [6, 6.07) is 16.4. The Kier molecular flexibility index (Phi) is 3.92. The van der Waals surface area contributed by atoms with Gasteiger partial charge in [0.15, 0.2) is 5.78 Å². The van der Waals surface area contributed by atoms with Crippen LogP contribution in [-0.4, -0.2) is 5.78 Å². The number of hydrogen-bond acceptors (Lipinski definition) is 2. The molecule has 0 fully saturated rings. The molecular formula is C16H14O2. The third-order valence-electron chi connectivity index (χ3n) is 2.47. The molecule has 2 heteroatoms. The zero-order valence-corrected chi connectivity index (χ0v) is 10.2. The summed E-state index contributed by atoms with van der Waals surface area (Å²) in [6.07, 6.45) is 3.39. The Bertz CT molecular complexity index is 556. The van der Waals surface area contributed by atoms with Crippen LogP contribution in [-0.2, 0) is 0 Å². The van der Waals surface area contributed by atoms with Crippen molar-refractivity contribution in [2.24, 2.45) is 0 Å². The molecular weight excluding hydrogens is 224 g/mol. The van der Waals surface area contributed by atoms with Crippen LogP contribution in [0.2, 0.25) is 0 Å². The Morgan fingerprint density at radius 1 is 1.00 bits per heavy atom. The molecule has 0 spiro atoms. The zero-order valence-electron chi connectivity index (χ0n) is 10.2. The van der Waals surface area contributed by atoms with E-state index in [0.29, 0.717) is 16.9 Å². The molecule has 0 saturated carbocycles. The summed E-state index contributed by atoms with van der Waals surface area (Å²) in [5.74, 6) is 0.663. The molecule has 2 aromatic rings. The van der Waals surface area contributed by atoms with Crippen molar-refractivity contribution < 1.29 is 9.53 Å². The molecule has 0 saturated heterocycles. The first-order valence-electron chi connectivity index (χ1n) is 5.79. The highest BCUT2D eigenvalue weighted by atomic mass is 16.5. The number of ketones is 1. The van der Waals surface area contributed by atoms with Crippen LogP contribution < -0.4 is 4.74 Å². The highest BCUT2D eigenvalue weighted by Crippen LogP contribution is 2.16. The first kappa shape index (κ1) is 12.1. The predicted molar refractivity (Wildman–Crippen MR) is 71.8 cm³/mol. The maximum Gasteiger partial charge on any atom is 0.193 e. The summed E-state index contributed by atoms with van der Waals surface area (Å²) in [6.45, 7) is 1.87. The lowest BCUT2D eigenvalue weighted by molar-refractivity contribution is 0.103. The minimum Gasteiger partial charge on any atom is -0.465 e. The number of carbonyl (C=O) groups is 1. The molecule has 0 radical (unpaired) electrons. The first-order chi connectivity index (χ1) is 8.81. The van der Waals surface area contributed by atoms with Gasteiger partial charge in [-0.3, -0.25) is 4.79 Å². The van der Waals surface area contributed by atoms with E-state index in [0.717, 1.165) is 0 Å². The van der Waals surface area contributed by atoms with Gasteiger partial charge in [0.2, 0.25) is 0 Å². The van der Waals surface area contributed by atoms with Crippen LogP contribution in [0.15, 0.2) is 66.9 Å². The summed E-state index contributed by atoms with van der Waals surface area (Å²) in [5, 5.41) is 0. The molecule has 0 atom stereocenters. The molecule has 18 heavy (non-hydrogen) atoms. The van der Waals surface area contributed by atoms with E-state index < -0.39 is 0 Å². The van der Waals surface area contributed by atoms with Crippen molar-refractivity contribution >= 4 is 5.78 Å². The molecule has 0 unspecified atom stereocenters. The average Bonchev–Trinajstić information content (AvgIpc) is 2.45. The fraction of sp³-hybridized carbons (Fsp3) is 0.0625. The molecule has 0 heterocycles. The average molecular weight is 238 g/mol. The quantitative estimate of drug-likeness (QED) is 0.597. The molecule has 0 aliphatic carbocycles. The summed E-state index contributed by atoms with van der Waals surface area (Å²) in [5.41, 5.74) is 1.31. The Morgan fingerprint density at radius 3 is 2.44 bits per heavy atom. The van der Waals surface area contributed by atoms with Crippen LogP contribution in [0.3, 0.4) is 0 Å². The highest BCUT2D eigenvalue weighted by molar-refractivity contribution is 6.09. The van der Waals surface area contributed by atoms with E-state index in [2.05, 4.69) is 0 Å². The van der Waals surface area contributed by atoms with Crippen LogP contribution in [0.25, 0.3) is 0 Å². The van der Waals surface area contributed by atoms with Gasteiger partial charge in [0.05, 0.1) is 6.26 Å². The molecule has 2 aromatic carbocycles. The smallest absolute Gasteiger partial charge is 0.193 e. The van der Waals surface area contributed by atoms with Gasteiger partial charge in [-0.25, -0.2) is 0 Å². The summed E-state index contributed by atoms with van der Waals surface area (Å²) in [4.78, 5) is 12.2. The zero-order chi connectivity index (χ0) is 12.8. The second-order valence-electron chi connectivity index (χ2n) is 3.81. The van der Waals surface area contributed by atoms with Crippen LogP contribution in [0.4, 0.5) is 0 Å². The molecule has 0 N–H and O–H groups in total. The topological polar surface area (TPSA) is 26.3 Å². The van der Waals surface area contributed by atoms with Crippen molar-refractivity contribution in [2.45, 2.75) is 6.92 Å². The lowest BCUT2D eigenvalue weighted by Gasteiger charge is -2.04. The number of benzene rings is 2. The van der Waals surface area contributed by atoms with Crippen LogP contribution >= 0.6 is 0 Å². The van der Waals surface area contributed by atoms with Gasteiger partial charge in [-0.1, -0.05) is 48.5 Å². The van der Waals surface area contributed by atoms with E-state index in [4.69, 9.17) is 4.74 Å². The highest BCUT2D eigenvalue weighted by Gasteiger charge is 2.08. The van der Waals surface area contributed by atoms with Gasteiger partial charge in [-0.15, -0.1) is 0 Å². The van der Waals surface area contributed by atoms with E-state index in [9.17, 15) is 4.79 Å². The maximum absolute atomic E-state index is 12.2. The van der Waals surface area contributed by atoms with Crippen molar-refractivity contribution in [1.82, 2.24) is 0 Å². The Balaban J connectivity index is 2.26. The summed E-state index contributed by atoms with van der Waals surface area (Å²) in [7, 11) is 0. The molecule has 2 nitrogen and oxygen atoms in total. The van der Waals surface area contributed by atoms with E-state index in [1.807, 2.05) is 49.4 Å². The Hall–Kier alpha value is -2.35. The van der Waals surface area contributed by atoms with Crippen molar-refractivity contribution in [3.63, 3.8) is 0 Å². The molecule has 0 aliphatic heterocycles. The third kappa shape index (κ3) is 2.86. The molecule has 0 bridgehead atoms. The monoisotopic (exact) mass is 238 g/mol.